The van der Waals surface area contributed by atoms with E-state index in [2.05, 4.69) is 5.32 Å². The van der Waals surface area contributed by atoms with Crippen LogP contribution in [0.2, 0.25) is 0 Å². The molecule has 1 N–H and O–H groups in total. The Morgan fingerprint density at radius 3 is 2.14 bits per heavy atom. The zero-order valence-electron chi connectivity index (χ0n) is 11.6. The van der Waals surface area contributed by atoms with Crippen molar-refractivity contribution in [2.24, 2.45) is 0 Å². The highest BCUT2D eigenvalue weighted by molar-refractivity contribution is 7.90. The van der Waals surface area contributed by atoms with Crippen LogP contribution < -0.4 is 5.32 Å². The summed E-state index contributed by atoms with van der Waals surface area (Å²) in [7, 11) is -1.83. The van der Waals surface area contributed by atoms with Gasteiger partial charge in [-0.15, -0.1) is 0 Å². The summed E-state index contributed by atoms with van der Waals surface area (Å²) >= 11 is 0. The highest BCUT2D eigenvalue weighted by Gasteiger charge is 2.21. The van der Waals surface area contributed by atoms with Crippen LogP contribution in [0.4, 0.5) is 8.78 Å². The first-order valence-electron chi connectivity index (χ1n) is 6.26. The third-order valence-electron chi connectivity index (χ3n) is 3.20. The third kappa shape index (κ3) is 3.28. The molecule has 0 bridgehead atoms. The lowest BCUT2D eigenvalue weighted by Gasteiger charge is -2.19. The lowest BCUT2D eigenvalue weighted by atomic mass is 9.98. The number of nitrogens with one attached hydrogen (secondary N) is 1. The highest BCUT2D eigenvalue weighted by Crippen LogP contribution is 2.28. The van der Waals surface area contributed by atoms with Gasteiger partial charge in [0, 0.05) is 11.8 Å². The first kappa shape index (κ1) is 15.6. The molecule has 0 saturated carbocycles. The second kappa shape index (κ2) is 5.91. The van der Waals surface area contributed by atoms with Gasteiger partial charge in [0.05, 0.1) is 10.9 Å². The molecular weight excluding hydrogens is 296 g/mol. The second-order valence-corrected chi connectivity index (χ2v) is 6.72. The third-order valence-corrected chi connectivity index (χ3v) is 4.31. The van der Waals surface area contributed by atoms with Gasteiger partial charge in [0.2, 0.25) is 0 Å². The normalized spacial score (nSPS) is 13.1. The number of rotatable bonds is 4. The van der Waals surface area contributed by atoms with Crippen LogP contribution >= 0.6 is 0 Å². The molecule has 112 valence electrons. The van der Waals surface area contributed by atoms with Crippen molar-refractivity contribution in [3.63, 3.8) is 0 Å². The molecule has 1 atom stereocenters. The molecule has 2 aromatic rings. The number of hydrogen-bond acceptors (Lipinski definition) is 3. The van der Waals surface area contributed by atoms with Crippen molar-refractivity contribution in [2.45, 2.75) is 10.9 Å². The summed E-state index contributed by atoms with van der Waals surface area (Å²) in [5.41, 5.74) is 0.343. The second-order valence-electron chi connectivity index (χ2n) is 4.70. The summed E-state index contributed by atoms with van der Waals surface area (Å²) in [5.74, 6) is -1.36. The molecule has 0 aromatic heterocycles. The van der Waals surface area contributed by atoms with E-state index in [1.165, 1.54) is 30.3 Å². The van der Waals surface area contributed by atoms with Crippen LogP contribution in [0.25, 0.3) is 0 Å². The molecule has 0 aliphatic heterocycles. The van der Waals surface area contributed by atoms with Crippen molar-refractivity contribution < 1.29 is 17.2 Å². The summed E-state index contributed by atoms with van der Waals surface area (Å²) in [5, 5.41) is 2.82. The van der Waals surface area contributed by atoms with Crippen LogP contribution in [0.1, 0.15) is 17.2 Å². The molecule has 0 aliphatic carbocycles. The van der Waals surface area contributed by atoms with Crippen molar-refractivity contribution >= 4 is 9.84 Å². The van der Waals surface area contributed by atoms with Crippen LogP contribution in [-0.2, 0) is 9.84 Å². The van der Waals surface area contributed by atoms with Gasteiger partial charge < -0.3 is 5.32 Å². The van der Waals surface area contributed by atoms with Crippen LogP contribution in [0.3, 0.4) is 0 Å². The average molecular weight is 311 g/mol. The Balaban J connectivity index is 2.58. The van der Waals surface area contributed by atoms with Gasteiger partial charge in [-0.25, -0.2) is 17.2 Å². The largest absolute Gasteiger partial charge is 0.309 e. The Labute approximate surface area is 122 Å². The van der Waals surface area contributed by atoms with Gasteiger partial charge in [0.15, 0.2) is 9.84 Å². The van der Waals surface area contributed by atoms with E-state index in [4.69, 9.17) is 0 Å². The first-order valence-corrected chi connectivity index (χ1v) is 8.15. The Hall–Kier alpha value is -1.79. The predicted molar refractivity (Wildman–Crippen MR) is 76.8 cm³/mol. The monoisotopic (exact) mass is 311 g/mol. The minimum absolute atomic E-state index is 0.108. The van der Waals surface area contributed by atoms with Gasteiger partial charge in [-0.3, -0.25) is 0 Å². The molecule has 0 radical (unpaired) electrons. The summed E-state index contributed by atoms with van der Waals surface area (Å²) in [6.45, 7) is 0. The van der Waals surface area contributed by atoms with Crippen LogP contribution in [0, 0.1) is 11.6 Å². The molecule has 21 heavy (non-hydrogen) atoms. The summed E-state index contributed by atoms with van der Waals surface area (Å²) in [6, 6.07) is 8.90. The number of benzene rings is 2. The molecule has 3 nitrogen and oxygen atoms in total. The minimum Gasteiger partial charge on any atom is -0.309 e. The zero-order chi connectivity index (χ0) is 15.6. The molecule has 0 aliphatic rings. The SMILES string of the molecule is CNC(c1cccc(S(C)(=O)=O)c1)c1c(F)cccc1F. The van der Waals surface area contributed by atoms with Gasteiger partial charge >= 0.3 is 0 Å². The quantitative estimate of drug-likeness (QED) is 0.944. The molecule has 0 amide bonds. The minimum atomic E-state index is -3.38. The number of hydrogen-bond donors (Lipinski definition) is 1. The van der Waals surface area contributed by atoms with E-state index in [1.807, 2.05) is 0 Å². The first-order chi connectivity index (χ1) is 9.84. The van der Waals surface area contributed by atoms with E-state index in [0.717, 1.165) is 6.26 Å². The Bertz CT molecular complexity index is 740. The van der Waals surface area contributed by atoms with E-state index in [-0.39, 0.29) is 10.5 Å². The fraction of sp³-hybridized carbons (Fsp3) is 0.200. The van der Waals surface area contributed by atoms with E-state index in [1.54, 1.807) is 19.2 Å². The molecule has 2 aromatic carbocycles. The van der Waals surface area contributed by atoms with Gasteiger partial charge in [-0.1, -0.05) is 18.2 Å². The lowest BCUT2D eigenvalue weighted by Crippen LogP contribution is -2.20. The maximum Gasteiger partial charge on any atom is 0.175 e. The fourth-order valence-electron chi connectivity index (χ4n) is 2.19. The van der Waals surface area contributed by atoms with Gasteiger partial charge in [0.1, 0.15) is 11.6 Å². The maximum atomic E-state index is 13.9. The van der Waals surface area contributed by atoms with Crippen molar-refractivity contribution in [3.8, 4) is 0 Å². The maximum absolute atomic E-state index is 13.9. The van der Waals surface area contributed by atoms with Crippen molar-refractivity contribution in [2.75, 3.05) is 13.3 Å². The highest BCUT2D eigenvalue weighted by atomic mass is 32.2. The lowest BCUT2D eigenvalue weighted by molar-refractivity contribution is 0.522. The smallest absolute Gasteiger partial charge is 0.175 e. The topological polar surface area (TPSA) is 46.2 Å². The van der Waals surface area contributed by atoms with Crippen LogP contribution in [-0.4, -0.2) is 21.7 Å². The molecule has 1 unspecified atom stereocenters. The molecule has 6 heteroatoms. The summed E-state index contributed by atoms with van der Waals surface area (Å²) < 4.78 is 51.0. The zero-order valence-corrected chi connectivity index (χ0v) is 12.4. The average Bonchev–Trinajstić information content (AvgIpc) is 2.42. The van der Waals surface area contributed by atoms with E-state index in [9.17, 15) is 17.2 Å². The fourth-order valence-corrected chi connectivity index (χ4v) is 2.86. The molecule has 2 rings (SSSR count). The van der Waals surface area contributed by atoms with Gasteiger partial charge in [-0.05, 0) is 36.9 Å². The van der Waals surface area contributed by atoms with Crippen molar-refractivity contribution in [3.05, 3.63) is 65.2 Å². The molecule has 0 heterocycles. The van der Waals surface area contributed by atoms with Gasteiger partial charge in [0.25, 0.3) is 0 Å². The predicted octanol–water partition coefficient (Wildman–Crippen LogP) is 2.68. The van der Waals surface area contributed by atoms with Crippen molar-refractivity contribution in [1.82, 2.24) is 5.32 Å². The Morgan fingerprint density at radius 2 is 1.62 bits per heavy atom. The molecule has 0 fully saturated rings. The Kier molecular flexibility index (Phi) is 4.39. The van der Waals surface area contributed by atoms with Crippen LogP contribution in [0.5, 0.6) is 0 Å². The Morgan fingerprint density at radius 1 is 1.05 bits per heavy atom. The van der Waals surface area contributed by atoms with Crippen LogP contribution in [0.15, 0.2) is 47.4 Å². The van der Waals surface area contributed by atoms with Crippen molar-refractivity contribution in [1.29, 1.82) is 0 Å². The number of sulfone groups is 1. The van der Waals surface area contributed by atoms with E-state index in [0.29, 0.717) is 5.56 Å². The summed E-state index contributed by atoms with van der Waals surface area (Å²) in [4.78, 5) is 0.108. The number of halogens is 2. The van der Waals surface area contributed by atoms with E-state index < -0.39 is 27.5 Å². The summed E-state index contributed by atoms with van der Waals surface area (Å²) in [6.07, 6.45) is 1.09. The standard InChI is InChI=1S/C15H15F2NO2S/c1-18-15(14-12(16)7-4-8-13(14)17)10-5-3-6-11(9-10)21(2,19)20/h3-9,15,18H,1-2H3. The van der Waals surface area contributed by atoms with Gasteiger partial charge in [-0.2, -0.15) is 0 Å². The van der Waals surface area contributed by atoms with E-state index >= 15 is 0 Å². The molecule has 0 saturated heterocycles. The molecular formula is C15H15F2NO2S. The molecule has 0 spiro atoms.